The molecule has 0 aliphatic carbocycles. The van der Waals surface area contributed by atoms with E-state index < -0.39 is 0 Å². The minimum Gasteiger partial charge on any atom is -0.388 e. The second-order valence-corrected chi connectivity index (χ2v) is 3.00. The van der Waals surface area contributed by atoms with Crippen molar-refractivity contribution in [2.24, 2.45) is 5.92 Å². The molecule has 0 bridgehead atoms. The Hall–Kier alpha value is -0.980. The van der Waals surface area contributed by atoms with Gasteiger partial charge < -0.3 is 5.32 Å². The molecular weight excluding hydrogens is 146 g/mol. The third-order valence-corrected chi connectivity index (χ3v) is 1.83. The summed E-state index contributed by atoms with van der Waals surface area (Å²) in [6.45, 7) is 10.1. The van der Waals surface area contributed by atoms with Gasteiger partial charge >= 0.3 is 0 Å². The summed E-state index contributed by atoms with van der Waals surface area (Å²) in [5.41, 5.74) is 2.40. The molecule has 1 N–H and O–H groups in total. The van der Waals surface area contributed by atoms with Gasteiger partial charge in [-0.2, -0.15) is 0 Å². The van der Waals surface area contributed by atoms with Crippen LogP contribution in [-0.4, -0.2) is 7.05 Å². The Balaban J connectivity index is 4.56. The van der Waals surface area contributed by atoms with Crippen molar-refractivity contribution in [3.8, 4) is 0 Å². The van der Waals surface area contributed by atoms with Crippen molar-refractivity contribution in [2.75, 3.05) is 7.05 Å². The lowest BCUT2D eigenvalue weighted by Gasteiger charge is -2.07. The topological polar surface area (TPSA) is 12.0 Å². The highest BCUT2D eigenvalue weighted by Gasteiger charge is 1.98. The first-order valence-corrected chi connectivity index (χ1v) is 4.33. The molecule has 1 nitrogen and oxygen atoms in total. The van der Waals surface area contributed by atoms with Crippen LogP contribution < -0.4 is 5.32 Å². The highest BCUT2D eigenvalue weighted by atomic mass is 14.8. The molecule has 0 amide bonds. The largest absolute Gasteiger partial charge is 0.388 e. The summed E-state index contributed by atoms with van der Waals surface area (Å²) in [6, 6.07) is 0. The van der Waals surface area contributed by atoms with Gasteiger partial charge in [0.2, 0.25) is 0 Å². The summed E-state index contributed by atoms with van der Waals surface area (Å²) in [4.78, 5) is 0. The van der Waals surface area contributed by atoms with Gasteiger partial charge in [0.15, 0.2) is 0 Å². The van der Waals surface area contributed by atoms with Gasteiger partial charge in [0.05, 0.1) is 0 Å². The first-order valence-electron chi connectivity index (χ1n) is 4.33. The second-order valence-electron chi connectivity index (χ2n) is 3.00. The van der Waals surface area contributed by atoms with Crippen LogP contribution in [0.2, 0.25) is 0 Å². The molecule has 0 aromatic rings. The van der Waals surface area contributed by atoms with Crippen molar-refractivity contribution < 1.29 is 0 Å². The van der Waals surface area contributed by atoms with Gasteiger partial charge in [0.25, 0.3) is 0 Å². The molecule has 0 fully saturated rings. The Morgan fingerprint density at radius 3 is 2.25 bits per heavy atom. The smallest absolute Gasteiger partial charge is 0.0334 e. The monoisotopic (exact) mass is 165 g/mol. The molecule has 0 aromatic carbocycles. The van der Waals surface area contributed by atoms with E-state index in [-0.39, 0.29) is 0 Å². The van der Waals surface area contributed by atoms with Gasteiger partial charge in [-0.05, 0) is 30.6 Å². The maximum absolute atomic E-state index is 3.72. The Morgan fingerprint density at radius 2 is 2.00 bits per heavy atom. The van der Waals surface area contributed by atoms with E-state index in [1.54, 1.807) is 0 Å². The molecule has 0 radical (unpaired) electrons. The minimum absolute atomic E-state index is 0.568. The standard InChI is InChI=1S/C11H19N/c1-6-10(9(3)4)8-11(7-2)12-5/h6-9,12H,2H2,1,3-5H3/b10-6+,11-8+. The third kappa shape index (κ3) is 3.42. The van der Waals surface area contributed by atoms with Crippen LogP contribution in [0.1, 0.15) is 20.8 Å². The summed E-state index contributed by atoms with van der Waals surface area (Å²) < 4.78 is 0. The molecule has 0 saturated heterocycles. The molecule has 0 aliphatic rings. The van der Waals surface area contributed by atoms with Gasteiger partial charge in [0, 0.05) is 12.7 Å². The SMILES string of the molecule is C=C/C(=C\C(=C/C)C(C)C)NC. The molecule has 12 heavy (non-hydrogen) atoms. The van der Waals surface area contributed by atoms with Crippen LogP contribution in [0.4, 0.5) is 0 Å². The van der Waals surface area contributed by atoms with Gasteiger partial charge in [-0.15, -0.1) is 0 Å². The fraction of sp³-hybridized carbons (Fsp3) is 0.455. The fourth-order valence-electron chi connectivity index (χ4n) is 0.996. The maximum Gasteiger partial charge on any atom is 0.0334 e. The van der Waals surface area contributed by atoms with Gasteiger partial charge in [-0.3, -0.25) is 0 Å². The fourth-order valence-corrected chi connectivity index (χ4v) is 0.996. The first kappa shape index (κ1) is 11.0. The van der Waals surface area contributed by atoms with Crippen molar-refractivity contribution in [2.45, 2.75) is 20.8 Å². The quantitative estimate of drug-likeness (QED) is 0.632. The molecule has 0 unspecified atom stereocenters. The second kappa shape index (κ2) is 5.64. The average Bonchev–Trinajstić information content (AvgIpc) is 2.06. The highest BCUT2D eigenvalue weighted by Crippen LogP contribution is 2.12. The Kier molecular flexibility index (Phi) is 5.18. The molecule has 0 aromatic heterocycles. The van der Waals surface area contributed by atoms with Crippen LogP contribution >= 0.6 is 0 Å². The van der Waals surface area contributed by atoms with Crippen molar-refractivity contribution in [3.63, 3.8) is 0 Å². The lowest BCUT2D eigenvalue weighted by molar-refractivity contribution is 0.785. The number of nitrogens with one attached hydrogen (secondary N) is 1. The van der Waals surface area contributed by atoms with Crippen LogP contribution in [0, 0.1) is 5.92 Å². The first-order chi connectivity index (χ1) is 5.65. The maximum atomic E-state index is 3.72. The molecule has 0 rings (SSSR count). The Bertz CT molecular complexity index is 197. The van der Waals surface area contributed by atoms with Crippen molar-refractivity contribution in [1.82, 2.24) is 5.32 Å². The normalized spacial score (nSPS) is 13.4. The van der Waals surface area contributed by atoms with E-state index in [2.05, 4.69) is 44.8 Å². The van der Waals surface area contributed by atoms with Crippen LogP contribution in [0.15, 0.2) is 36.1 Å². The Morgan fingerprint density at radius 1 is 1.42 bits per heavy atom. The van der Waals surface area contributed by atoms with E-state index in [0.29, 0.717) is 5.92 Å². The summed E-state index contributed by atoms with van der Waals surface area (Å²) in [6.07, 6.45) is 6.08. The molecule has 0 aliphatic heterocycles. The van der Waals surface area contributed by atoms with Crippen molar-refractivity contribution in [3.05, 3.63) is 36.1 Å². The molecule has 0 heterocycles. The number of allylic oxidation sites excluding steroid dienone is 4. The van der Waals surface area contributed by atoms with Crippen LogP contribution in [0.3, 0.4) is 0 Å². The highest BCUT2D eigenvalue weighted by molar-refractivity contribution is 5.28. The number of hydrogen-bond acceptors (Lipinski definition) is 1. The zero-order chi connectivity index (χ0) is 9.56. The van der Waals surface area contributed by atoms with E-state index in [0.717, 1.165) is 5.70 Å². The summed E-state index contributed by atoms with van der Waals surface area (Å²) in [7, 11) is 1.90. The van der Waals surface area contributed by atoms with E-state index in [1.165, 1.54) is 5.57 Å². The van der Waals surface area contributed by atoms with Gasteiger partial charge in [-0.25, -0.2) is 0 Å². The van der Waals surface area contributed by atoms with Gasteiger partial charge in [-0.1, -0.05) is 26.5 Å². The summed E-state index contributed by atoms with van der Waals surface area (Å²) in [5.74, 6) is 0.568. The minimum atomic E-state index is 0.568. The summed E-state index contributed by atoms with van der Waals surface area (Å²) >= 11 is 0. The lowest BCUT2D eigenvalue weighted by atomic mass is 10.0. The lowest BCUT2D eigenvalue weighted by Crippen LogP contribution is -2.04. The number of rotatable bonds is 4. The molecule has 0 atom stereocenters. The average molecular weight is 165 g/mol. The van der Waals surface area contributed by atoms with E-state index in [9.17, 15) is 0 Å². The zero-order valence-corrected chi connectivity index (χ0v) is 8.52. The molecule has 68 valence electrons. The predicted molar refractivity (Wildman–Crippen MR) is 55.9 cm³/mol. The zero-order valence-electron chi connectivity index (χ0n) is 8.52. The predicted octanol–water partition coefficient (Wildman–Crippen LogP) is 2.88. The summed E-state index contributed by atoms with van der Waals surface area (Å²) in [5, 5.41) is 3.07. The van der Waals surface area contributed by atoms with Crippen LogP contribution in [0.25, 0.3) is 0 Å². The van der Waals surface area contributed by atoms with Crippen molar-refractivity contribution >= 4 is 0 Å². The van der Waals surface area contributed by atoms with Crippen molar-refractivity contribution in [1.29, 1.82) is 0 Å². The third-order valence-electron chi connectivity index (χ3n) is 1.83. The Labute approximate surface area is 75.9 Å². The molecule has 0 spiro atoms. The number of likely N-dealkylation sites (N-methyl/N-ethyl adjacent to an activating group) is 1. The molecule has 1 heteroatoms. The van der Waals surface area contributed by atoms with E-state index >= 15 is 0 Å². The van der Waals surface area contributed by atoms with Crippen LogP contribution in [0.5, 0.6) is 0 Å². The molecular formula is C11H19N. The van der Waals surface area contributed by atoms with E-state index in [4.69, 9.17) is 0 Å². The van der Waals surface area contributed by atoms with Gasteiger partial charge in [0.1, 0.15) is 0 Å². The molecule has 0 saturated carbocycles. The number of hydrogen-bond donors (Lipinski definition) is 1. The van der Waals surface area contributed by atoms with E-state index in [1.807, 2.05) is 13.1 Å². The van der Waals surface area contributed by atoms with Crippen LogP contribution in [-0.2, 0) is 0 Å².